The summed E-state index contributed by atoms with van der Waals surface area (Å²) in [5.41, 5.74) is -2.30. The second kappa shape index (κ2) is 8.85. The first kappa shape index (κ1) is 25.7. The topological polar surface area (TPSA) is 108 Å². The molecule has 1 aliphatic carbocycles. The van der Waals surface area contributed by atoms with Crippen molar-refractivity contribution in [3.63, 3.8) is 0 Å². The molecule has 8 nitrogen and oxygen atoms in total. The Kier molecular flexibility index (Phi) is 6.16. The Hall–Kier alpha value is -2.89. The zero-order valence-electron chi connectivity index (χ0n) is 20.9. The zero-order chi connectivity index (χ0) is 26.8. The number of nitrogens with zero attached hydrogens (tertiary/aromatic N) is 3. The summed E-state index contributed by atoms with van der Waals surface area (Å²) in [6.45, 7) is 3.05. The first-order valence-electron chi connectivity index (χ1n) is 12.2. The molecule has 198 valence electrons. The van der Waals surface area contributed by atoms with Gasteiger partial charge in [0, 0.05) is 30.8 Å². The second-order valence-corrected chi connectivity index (χ2v) is 12.7. The molecule has 0 spiro atoms. The van der Waals surface area contributed by atoms with Crippen molar-refractivity contribution >= 4 is 10.0 Å². The minimum Gasteiger partial charge on any atom is -0.390 e. The Morgan fingerprint density at radius 2 is 1.81 bits per heavy atom. The molecule has 2 atom stereocenters. The SMILES string of the molecule is C[C@H]1CCC(c2ccccc2)S(=O)(=O)N1Cc1cc(F)c(C2(c3nn(C)c(=O)[nH]3)CC(C)(O)C2)cc1F. The molecular weight excluding hydrogens is 502 g/mol. The van der Waals surface area contributed by atoms with Gasteiger partial charge in [-0.3, -0.25) is 4.98 Å². The van der Waals surface area contributed by atoms with Crippen LogP contribution in [-0.4, -0.2) is 44.2 Å². The van der Waals surface area contributed by atoms with Crippen LogP contribution in [0.25, 0.3) is 0 Å². The lowest BCUT2D eigenvalue weighted by Crippen LogP contribution is -2.54. The van der Waals surface area contributed by atoms with Gasteiger partial charge in [0.1, 0.15) is 22.7 Å². The fourth-order valence-electron chi connectivity index (χ4n) is 5.95. The highest BCUT2D eigenvalue weighted by atomic mass is 32.2. The van der Waals surface area contributed by atoms with Gasteiger partial charge in [-0.25, -0.2) is 26.7 Å². The number of sulfonamides is 1. The van der Waals surface area contributed by atoms with E-state index in [4.69, 9.17) is 0 Å². The van der Waals surface area contributed by atoms with Crippen LogP contribution in [0, 0.1) is 11.6 Å². The summed E-state index contributed by atoms with van der Waals surface area (Å²) in [4.78, 5) is 14.6. The van der Waals surface area contributed by atoms with E-state index in [1.807, 2.05) is 6.07 Å². The summed E-state index contributed by atoms with van der Waals surface area (Å²) in [6, 6.07) is 10.6. The molecule has 1 saturated heterocycles. The predicted octanol–water partition coefficient (Wildman–Crippen LogP) is 3.27. The quantitative estimate of drug-likeness (QED) is 0.525. The number of aliphatic hydroxyl groups is 1. The second-order valence-electron chi connectivity index (χ2n) is 10.7. The van der Waals surface area contributed by atoms with E-state index in [1.54, 1.807) is 38.1 Å². The van der Waals surface area contributed by atoms with E-state index in [2.05, 4.69) is 10.1 Å². The third kappa shape index (κ3) is 4.32. The maximum Gasteiger partial charge on any atom is 0.343 e. The highest BCUT2D eigenvalue weighted by Gasteiger charge is 2.56. The number of aryl methyl sites for hydroxylation is 1. The van der Waals surface area contributed by atoms with Crippen molar-refractivity contribution in [3.8, 4) is 0 Å². The lowest BCUT2D eigenvalue weighted by atomic mass is 9.56. The van der Waals surface area contributed by atoms with E-state index in [-0.39, 0.29) is 42.4 Å². The molecule has 0 radical (unpaired) electrons. The molecule has 37 heavy (non-hydrogen) atoms. The number of halogens is 2. The van der Waals surface area contributed by atoms with Crippen molar-refractivity contribution in [3.05, 3.63) is 87.1 Å². The first-order valence-corrected chi connectivity index (χ1v) is 13.7. The van der Waals surface area contributed by atoms with Gasteiger partial charge in [0.25, 0.3) is 0 Å². The summed E-state index contributed by atoms with van der Waals surface area (Å²) >= 11 is 0. The Bertz CT molecular complexity index is 1490. The summed E-state index contributed by atoms with van der Waals surface area (Å²) in [5, 5.41) is 13.9. The fourth-order valence-corrected chi connectivity index (χ4v) is 8.14. The number of aromatic nitrogens is 3. The van der Waals surface area contributed by atoms with Crippen molar-refractivity contribution in [2.45, 2.75) is 68.4 Å². The Labute approximate surface area is 214 Å². The van der Waals surface area contributed by atoms with Gasteiger partial charge in [0.05, 0.1) is 11.0 Å². The zero-order valence-corrected chi connectivity index (χ0v) is 21.7. The van der Waals surface area contributed by atoms with Crippen LogP contribution >= 0.6 is 0 Å². The van der Waals surface area contributed by atoms with Crippen LogP contribution in [0.4, 0.5) is 8.78 Å². The predicted molar refractivity (Wildman–Crippen MR) is 133 cm³/mol. The van der Waals surface area contributed by atoms with E-state index >= 15 is 8.78 Å². The minimum absolute atomic E-state index is 0.0358. The number of rotatable bonds is 5. The lowest BCUT2D eigenvalue weighted by Gasteiger charge is -2.50. The van der Waals surface area contributed by atoms with Crippen LogP contribution in [0.5, 0.6) is 0 Å². The number of hydrogen-bond donors (Lipinski definition) is 2. The van der Waals surface area contributed by atoms with Crippen molar-refractivity contribution in [1.82, 2.24) is 19.1 Å². The molecule has 0 amide bonds. The van der Waals surface area contributed by atoms with Crippen LogP contribution < -0.4 is 5.69 Å². The molecule has 1 aromatic heterocycles. The third-order valence-electron chi connectivity index (χ3n) is 7.76. The molecule has 0 bridgehead atoms. The average Bonchev–Trinajstić information content (AvgIpc) is 3.15. The first-order chi connectivity index (χ1) is 17.3. The monoisotopic (exact) mass is 532 g/mol. The molecule has 1 unspecified atom stereocenters. The van der Waals surface area contributed by atoms with Crippen molar-refractivity contribution in [2.24, 2.45) is 7.05 Å². The maximum atomic E-state index is 15.6. The minimum atomic E-state index is -3.83. The molecular formula is C26H30F2N4O4S. The maximum absolute atomic E-state index is 15.6. The van der Waals surface area contributed by atoms with Gasteiger partial charge in [0.2, 0.25) is 10.0 Å². The molecule has 2 aliphatic rings. The molecule has 1 saturated carbocycles. The summed E-state index contributed by atoms with van der Waals surface area (Å²) in [6.07, 6.45) is 1.12. The molecule has 5 rings (SSSR count). The van der Waals surface area contributed by atoms with Crippen LogP contribution in [0.2, 0.25) is 0 Å². The van der Waals surface area contributed by atoms with Gasteiger partial charge in [-0.05, 0) is 57.2 Å². The van der Waals surface area contributed by atoms with Crippen LogP contribution in [0.3, 0.4) is 0 Å². The number of nitrogens with one attached hydrogen (secondary N) is 1. The molecule has 1 aliphatic heterocycles. The van der Waals surface area contributed by atoms with Gasteiger partial charge >= 0.3 is 5.69 Å². The number of hydrogen-bond acceptors (Lipinski definition) is 5. The van der Waals surface area contributed by atoms with E-state index in [0.717, 1.165) is 16.8 Å². The van der Waals surface area contributed by atoms with E-state index < -0.39 is 43.6 Å². The Morgan fingerprint density at radius 1 is 1.14 bits per heavy atom. The van der Waals surface area contributed by atoms with E-state index in [9.17, 15) is 18.3 Å². The van der Waals surface area contributed by atoms with Crippen molar-refractivity contribution in [1.29, 1.82) is 0 Å². The standard InChI is InChI=1S/C26H30F2N4O4S/c1-16-9-10-22(17-7-5-4-6-8-17)37(35,36)32(16)13-18-11-21(28)19(12-20(18)27)26(14-25(2,34)15-26)23-29-24(33)31(3)30-23/h4-8,11-12,16,22,34H,9-10,13-15H2,1-3H3,(H,29,30,33)/t16-,22?,25?,26?/m0/s1. The Morgan fingerprint density at radius 3 is 2.41 bits per heavy atom. The molecule has 11 heteroatoms. The van der Waals surface area contributed by atoms with Gasteiger partial charge in [0.15, 0.2) is 0 Å². The number of benzene rings is 2. The molecule has 3 aromatic rings. The van der Waals surface area contributed by atoms with E-state index in [0.29, 0.717) is 18.4 Å². The molecule has 2 fully saturated rings. The third-order valence-corrected chi connectivity index (χ3v) is 10.1. The van der Waals surface area contributed by atoms with Gasteiger partial charge in [-0.1, -0.05) is 30.3 Å². The summed E-state index contributed by atoms with van der Waals surface area (Å²) in [5.74, 6) is -1.36. The average molecular weight is 533 g/mol. The van der Waals surface area contributed by atoms with Crippen LogP contribution in [0.15, 0.2) is 47.3 Å². The Balaban J connectivity index is 1.50. The van der Waals surface area contributed by atoms with Crippen LogP contribution in [0.1, 0.15) is 67.3 Å². The highest BCUT2D eigenvalue weighted by molar-refractivity contribution is 7.89. The summed E-state index contributed by atoms with van der Waals surface area (Å²) < 4.78 is 60.5. The number of H-pyrrole nitrogens is 1. The van der Waals surface area contributed by atoms with Gasteiger partial charge in [-0.2, -0.15) is 9.40 Å². The van der Waals surface area contributed by atoms with Gasteiger partial charge < -0.3 is 5.11 Å². The van der Waals surface area contributed by atoms with Gasteiger partial charge in [-0.15, -0.1) is 0 Å². The fraction of sp³-hybridized carbons (Fsp3) is 0.462. The smallest absolute Gasteiger partial charge is 0.343 e. The highest BCUT2D eigenvalue weighted by Crippen LogP contribution is 2.54. The van der Waals surface area contributed by atoms with E-state index in [1.165, 1.54) is 11.4 Å². The summed E-state index contributed by atoms with van der Waals surface area (Å²) in [7, 11) is -2.39. The molecule has 2 aromatic carbocycles. The normalized spacial score (nSPS) is 29.7. The lowest BCUT2D eigenvalue weighted by molar-refractivity contribution is -0.0649. The molecule has 2 N–H and O–H groups in total. The largest absolute Gasteiger partial charge is 0.390 e. The molecule has 2 heterocycles. The number of aromatic amines is 1. The van der Waals surface area contributed by atoms with Crippen molar-refractivity contribution in [2.75, 3.05) is 0 Å². The van der Waals surface area contributed by atoms with Crippen LogP contribution in [-0.2, 0) is 29.0 Å². The van der Waals surface area contributed by atoms with Crippen molar-refractivity contribution < 1.29 is 22.3 Å².